The van der Waals surface area contributed by atoms with Gasteiger partial charge in [-0.3, -0.25) is 5.73 Å². The van der Waals surface area contributed by atoms with Crippen LogP contribution >= 0.6 is 0 Å². The molecular weight excluding hydrogens is 358 g/mol. The maximum absolute atomic E-state index is 6.55. The third-order valence-corrected chi connectivity index (χ3v) is 5.13. The van der Waals surface area contributed by atoms with Gasteiger partial charge in [-0.15, -0.1) is 13.2 Å². The minimum atomic E-state index is -1.46. The second-order valence-corrected chi connectivity index (χ2v) is 7.15. The molecule has 7 atom stereocenters. The molecule has 0 aromatic heterocycles. The monoisotopic (exact) mass is 395 g/mol. The molecule has 2 N–H and O–H groups in total. The number of hydrogen-bond donors (Lipinski definition) is 1. The van der Waals surface area contributed by atoms with E-state index < -0.39 is 12.2 Å². The summed E-state index contributed by atoms with van der Waals surface area (Å²) in [6, 6.07) is 0. The first-order valence-corrected chi connectivity index (χ1v) is 9.59. The van der Waals surface area contributed by atoms with Crippen LogP contribution in [0.1, 0.15) is 34.6 Å². The standard InChI is InChI=1S/C22H37NO5/c1-10-14(4)21(26-17(7)18(11-2)24-8)28-22(23)16(6)13-15(5)20(27-22)19(12-3)25-9/h10-13,15,17-21H,2-3,23H2,1,4-9H3/b14-10-. The van der Waals surface area contributed by atoms with Gasteiger partial charge in [0, 0.05) is 20.1 Å². The van der Waals surface area contributed by atoms with Crippen molar-refractivity contribution in [3.8, 4) is 0 Å². The fraction of sp³-hybridized carbons (Fsp3) is 0.636. The normalized spacial score (nSPS) is 30.1. The summed E-state index contributed by atoms with van der Waals surface area (Å²) >= 11 is 0. The third kappa shape index (κ3) is 5.86. The maximum atomic E-state index is 6.55. The van der Waals surface area contributed by atoms with Gasteiger partial charge in [0.05, 0.1) is 12.2 Å². The van der Waals surface area contributed by atoms with Gasteiger partial charge in [-0.05, 0) is 38.8 Å². The summed E-state index contributed by atoms with van der Waals surface area (Å²) in [6.07, 6.45) is 5.41. The fourth-order valence-electron chi connectivity index (χ4n) is 3.13. The quantitative estimate of drug-likeness (QED) is 0.425. The van der Waals surface area contributed by atoms with Crippen LogP contribution in [0.5, 0.6) is 0 Å². The molecule has 0 bridgehead atoms. The van der Waals surface area contributed by atoms with Crippen LogP contribution in [0.15, 0.2) is 48.6 Å². The predicted molar refractivity (Wildman–Crippen MR) is 112 cm³/mol. The molecule has 160 valence electrons. The van der Waals surface area contributed by atoms with E-state index in [1.54, 1.807) is 26.4 Å². The molecule has 0 aliphatic carbocycles. The van der Waals surface area contributed by atoms with Crippen molar-refractivity contribution in [2.24, 2.45) is 11.7 Å². The minimum absolute atomic E-state index is 0.0861. The molecule has 0 spiro atoms. The van der Waals surface area contributed by atoms with E-state index in [2.05, 4.69) is 13.2 Å². The Kier molecular flexibility index (Phi) is 9.77. The van der Waals surface area contributed by atoms with Crippen molar-refractivity contribution < 1.29 is 23.7 Å². The average Bonchev–Trinajstić information content (AvgIpc) is 2.66. The smallest absolute Gasteiger partial charge is 0.251 e. The molecule has 0 aromatic rings. The van der Waals surface area contributed by atoms with Crippen molar-refractivity contribution in [2.45, 2.75) is 71.2 Å². The Morgan fingerprint density at radius 1 is 1.29 bits per heavy atom. The van der Waals surface area contributed by atoms with E-state index in [4.69, 9.17) is 29.4 Å². The fourth-order valence-corrected chi connectivity index (χ4v) is 3.13. The zero-order chi connectivity index (χ0) is 21.5. The van der Waals surface area contributed by atoms with Gasteiger partial charge in [0.25, 0.3) is 5.91 Å². The highest BCUT2D eigenvalue weighted by Gasteiger charge is 2.44. The number of methoxy groups -OCH3 is 2. The van der Waals surface area contributed by atoms with Crippen molar-refractivity contribution in [1.29, 1.82) is 0 Å². The summed E-state index contributed by atoms with van der Waals surface area (Å²) in [6.45, 7) is 17.3. The van der Waals surface area contributed by atoms with Gasteiger partial charge < -0.3 is 23.7 Å². The van der Waals surface area contributed by atoms with Gasteiger partial charge in [0.15, 0.2) is 6.29 Å². The number of ether oxygens (including phenoxy) is 5. The molecule has 1 heterocycles. The van der Waals surface area contributed by atoms with Crippen LogP contribution in [0.4, 0.5) is 0 Å². The summed E-state index contributed by atoms with van der Waals surface area (Å²) in [5, 5.41) is 0. The summed E-state index contributed by atoms with van der Waals surface area (Å²) in [7, 11) is 3.22. The Bertz CT molecular complexity index is 587. The van der Waals surface area contributed by atoms with Crippen molar-refractivity contribution in [3.05, 3.63) is 48.6 Å². The largest absolute Gasteiger partial charge is 0.375 e. The van der Waals surface area contributed by atoms with Crippen LogP contribution < -0.4 is 5.73 Å². The Hall–Kier alpha value is -1.28. The zero-order valence-electron chi connectivity index (χ0n) is 18.3. The summed E-state index contributed by atoms with van der Waals surface area (Å²) in [5.74, 6) is -1.37. The molecule has 0 amide bonds. The first kappa shape index (κ1) is 24.8. The second kappa shape index (κ2) is 11.0. The first-order valence-electron chi connectivity index (χ1n) is 9.59. The molecule has 0 radical (unpaired) electrons. The molecule has 0 saturated carbocycles. The van der Waals surface area contributed by atoms with Gasteiger partial charge in [0.1, 0.15) is 12.2 Å². The minimum Gasteiger partial charge on any atom is -0.375 e. The number of nitrogens with two attached hydrogens (primary N) is 1. The molecular formula is C22H37NO5. The molecule has 6 heteroatoms. The van der Waals surface area contributed by atoms with Crippen LogP contribution in [0.25, 0.3) is 0 Å². The Morgan fingerprint density at radius 3 is 2.39 bits per heavy atom. The zero-order valence-corrected chi connectivity index (χ0v) is 18.3. The Balaban J connectivity index is 3.12. The predicted octanol–water partition coefficient (Wildman–Crippen LogP) is 3.70. The van der Waals surface area contributed by atoms with Crippen LogP contribution in [0.3, 0.4) is 0 Å². The van der Waals surface area contributed by atoms with Crippen LogP contribution in [-0.2, 0) is 23.7 Å². The number of allylic oxidation sites excluding steroid dienone is 1. The molecule has 7 unspecified atom stereocenters. The second-order valence-electron chi connectivity index (χ2n) is 7.15. The van der Waals surface area contributed by atoms with E-state index in [0.29, 0.717) is 0 Å². The molecule has 0 aromatic carbocycles. The van der Waals surface area contributed by atoms with E-state index in [9.17, 15) is 0 Å². The lowest BCUT2D eigenvalue weighted by molar-refractivity contribution is -0.316. The first-order chi connectivity index (χ1) is 13.2. The van der Waals surface area contributed by atoms with Crippen LogP contribution in [0, 0.1) is 5.92 Å². The van der Waals surface area contributed by atoms with E-state index in [1.807, 2.05) is 46.8 Å². The van der Waals surface area contributed by atoms with Gasteiger partial charge in [-0.2, -0.15) is 0 Å². The van der Waals surface area contributed by atoms with Crippen molar-refractivity contribution >= 4 is 0 Å². The molecule has 1 rings (SSSR count). The van der Waals surface area contributed by atoms with E-state index in [1.165, 1.54) is 0 Å². The summed E-state index contributed by atoms with van der Waals surface area (Å²) < 4.78 is 29.4. The van der Waals surface area contributed by atoms with Gasteiger partial charge >= 0.3 is 0 Å². The lowest BCUT2D eigenvalue weighted by Gasteiger charge is -2.44. The third-order valence-electron chi connectivity index (χ3n) is 5.13. The van der Waals surface area contributed by atoms with Gasteiger partial charge in [-0.1, -0.05) is 31.2 Å². The average molecular weight is 396 g/mol. The lowest BCUT2D eigenvalue weighted by atomic mass is 9.93. The molecule has 0 saturated heterocycles. The van der Waals surface area contributed by atoms with Crippen LogP contribution in [0.2, 0.25) is 0 Å². The Labute approximate surface area is 170 Å². The van der Waals surface area contributed by atoms with Gasteiger partial charge in [0.2, 0.25) is 0 Å². The highest BCUT2D eigenvalue weighted by atomic mass is 16.8. The van der Waals surface area contributed by atoms with Crippen molar-refractivity contribution in [3.63, 3.8) is 0 Å². The van der Waals surface area contributed by atoms with E-state index >= 15 is 0 Å². The number of hydrogen-bond acceptors (Lipinski definition) is 6. The number of rotatable bonds is 11. The van der Waals surface area contributed by atoms with Crippen molar-refractivity contribution in [1.82, 2.24) is 0 Å². The molecule has 28 heavy (non-hydrogen) atoms. The van der Waals surface area contributed by atoms with Gasteiger partial charge in [-0.25, -0.2) is 0 Å². The summed E-state index contributed by atoms with van der Waals surface area (Å²) in [5.41, 5.74) is 8.19. The topological polar surface area (TPSA) is 72.2 Å². The lowest BCUT2D eigenvalue weighted by Crippen LogP contribution is -2.57. The Morgan fingerprint density at radius 2 is 1.93 bits per heavy atom. The highest BCUT2D eigenvalue weighted by molar-refractivity contribution is 5.17. The maximum Gasteiger partial charge on any atom is 0.251 e. The molecule has 6 nitrogen and oxygen atoms in total. The van der Waals surface area contributed by atoms with E-state index in [0.717, 1.165) is 11.1 Å². The molecule has 1 aliphatic heterocycles. The summed E-state index contributed by atoms with van der Waals surface area (Å²) in [4.78, 5) is 0. The van der Waals surface area contributed by atoms with Crippen LogP contribution in [-0.4, -0.2) is 50.8 Å². The van der Waals surface area contributed by atoms with E-state index in [-0.39, 0.29) is 30.3 Å². The molecule has 1 aliphatic rings. The highest BCUT2D eigenvalue weighted by Crippen LogP contribution is 2.34. The molecule has 0 fully saturated rings. The van der Waals surface area contributed by atoms with Crippen molar-refractivity contribution in [2.75, 3.05) is 14.2 Å². The SMILES string of the molecule is C=CC(OC)C(C)OC(OC1(N)OC(C(C=C)OC)C(C)C=C1C)/C(C)=C\C.